The summed E-state index contributed by atoms with van der Waals surface area (Å²) in [5.74, 6) is -0.288. The molecular formula is C29H36FNO5. The summed E-state index contributed by atoms with van der Waals surface area (Å²) in [6, 6.07) is 6.31. The lowest BCUT2D eigenvalue weighted by Crippen LogP contribution is -2.36. The van der Waals surface area contributed by atoms with Gasteiger partial charge in [0.25, 0.3) is 0 Å². The Hall–Kier alpha value is -3.09. The van der Waals surface area contributed by atoms with Gasteiger partial charge >= 0.3 is 12.1 Å². The summed E-state index contributed by atoms with van der Waals surface area (Å²) in [6.45, 7) is 9.00. The Morgan fingerprint density at radius 1 is 1.11 bits per heavy atom. The lowest BCUT2D eigenvalue weighted by molar-refractivity contribution is -0.143. The number of ether oxygens (including phenoxy) is 2. The first kappa shape index (κ1) is 26.0. The summed E-state index contributed by atoms with van der Waals surface area (Å²) in [5, 5.41) is 13.7. The maximum atomic E-state index is 15.9. The van der Waals surface area contributed by atoms with Crippen molar-refractivity contribution in [3.05, 3.63) is 52.3 Å². The van der Waals surface area contributed by atoms with Crippen molar-refractivity contribution in [2.75, 3.05) is 6.61 Å². The highest BCUT2D eigenvalue weighted by atomic mass is 19.1. The first-order valence-corrected chi connectivity index (χ1v) is 12.8. The summed E-state index contributed by atoms with van der Waals surface area (Å²) < 4.78 is 26.4. The summed E-state index contributed by atoms with van der Waals surface area (Å²) in [5.41, 5.74) is 3.26. The summed E-state index contributed by atoms with van der Waals surface area (Å²) in [4.78, 5) is 25.1. The molecule has 0 bridgehead atoms. The molecule has 2 aromatic rings. The largest absolute Gasteiger partial charge is 0.507 e. The molecule has 2 fully saturated rings. The van der Waals surface area contributed by atoms with Gasteiger partial charge in [-0.2, -0.15) is 0 Å². The van der Waals surface area contributed by atoms with Gasteiger partial charge in [-0.3, -0.25) is 4.79 Å². The zero-order chi connectivity index (χ0) is 26.2. The predicted octanol–water partition coefficient (Wildman–Crippen LogP) is 6.78. The number of rotatable bonds is 8. The molecular weight excluding hydrogens is 461 g/mol. The average Bonchev–Trinajstić information content (AvgIpc) is 3.66. The molecule has 2 aromatic carbocycles. The average molecular weight is 498 g/mol. The number of esters is 1. The van der Waals surface area contributed by atoms with Gasteiger partial charge in [0.1, 0.15) is 17.2 Å². The van der Waals surface area contributed by atoms with Crippen LogP contribution in [0.25, 0.3) is 11.1 Å². The van der Waals surface area contributed by atoms with E-state index in [1.165, 1.54) is 0 Å². The minimum atomic E-state index is -0.996. The number of carbonyl (C=O) groups is 2. The van der Waals surface area contributed by atoms with Crippen LogP contribution in [0, 0.1) is 12.7 Å². The van der Waals surface area contributed by atoms with E-state index >= 15 is 4.39 Å². The van der Waals surface area contributed by atoms with E-state index < -0.39 is 29.5 Å². The maximum absolute atomic E-state index is 15.9. The first-order chi connectivity index (χ1) is 17.0. The molecule has 0 aromatic heterocycles. The number of alkyl carbamates (subject to hydrolysis) is 1. The zero-order valence-corrected chi connectivity index (χ0v) is 21.7. The number of amides is 1. The van der Waals surface area contributed by atoms with Gasteiger partial charge < -0.3 is 19.9 Å². The van der Waals surface area contributed by atoms with Crippen molar-refractivity contribution in [3.63, 3.8) is 0 Å². The third-order valence-corrected chi connectivity index (χ3v) is 6.56. The van der Waals surface area contributed by atoms with Gasteiger partial charge in [-0.1, -0.05) is 6.07 Å². The molecule has 2 N–H and O–H groups in total. The number of hydrogen-bond acceptors (Lipinski definition) is 5. The van der Waals surface area contributed by atoms with Gasteiger partial charge in [0, 0.05) is 11.1 Å². The standard InChI is InChI=1S/C29H36FNO5/c1-6-35-25(33)15-23(31-28(34)36-29(3,4)5)22-13-20(12-21(27(22)30)18-9-10-18)26-16(2)11-19(14-24(26)32)17-7-8-17/h11-14,17-18,23,32H,6-10,15H2,1-5H3,(H,31,34)/t23-/m0/s1. The number of phenolic OH excluding ortho intramolecular Hbond substituents is 1. The van der Waals surface area contributed by atoms with E-state index in [4.69, 9.17) is 9.47 Å². The molecule has 1 amide bonds. The van der Waals surface area contributed by atoms with Gasteiger partial charge in [-0.05, 0) is 113 Å². The molecule has 0 radical (unpaired) electrons. The molecule has 0 saturated heterocycles. The van der Waals surface area contributed by atoms with Crippen LogP contribution in [0.1, 0.15) is 99.9 Å². The van der Waals surface area contributed by atoms with Crippen molar-refractivity contribution in [2.45, 2.75) is 90.2 Å². The molecule has 0 aliphatic heterocycles. The lowest BCUT2D eigenvalue weighted by atomic mass is 9.89. The fourth-order valence-corrected chi connectivity index (χ4v) is 4.66. The molecule has 4 rings (SSSR count). The van der Waals surface area contributed by atoms with E-state index in [9.17, 15) is 14.7 Å². The van der Waals surface area contributed by atoms with Gasteiger partial charge in [-0.25, -0.2) is 9.18 Å². The predicted molar refractivity (Wildman–Crippen MR) is 136 cm³/mol. The van der Waals surface area contributed by atoms with Gasteiger partial charge in [0.15, 0.2) is 0 Å². The van der Waals surface area contributed by atoms with Crippen LogP contribution >= 0.6 is 0 Å². The summed E-state index contributed by atoms with van der Waals surface area (Å²) in [6.07, 6.45) is 2.99. The van der Waals surface area contributed by atoms with Crippen molar-refractivity contribution in [1.29, 1.82) is 0 Å². The molecule has 194 valence electrons. The Kier molecular flexibility index (Phi) is 7.30. The van der Waals surface area contributed by atoms with Crippen LogP contribution in [0.3, 0.4) is 0 Å². The molecule has 0 heterocycles. The topological polar surface area (TPSA) is 84.9 Å². The third-order valence-electron chi connectivity index (χ3n) is 6.56. The SMILES string of the molecule is CCOC(=O)C[C@H](NC(=O)OC(C)(C)C)c1cc(-c2c(C)cc(C3CC3)cc2O)cc(C2CC2)c1F. The van der Waals surface area contributed by atoms with Crippen molar-refractivity contribution >= 4 is 12.1 Å². The molecule has 6 nitrogen and oxygen atoms in total. The Labute approximate surface area is 212 Å². The van der Waals surface area contributed by atoms with Crippen molar-refractivity contribution in [3.8, 4) is 16.9 Å². The first-order valence-electron chi connectivity index (χ1n) is 12.8. The lowest BCUT2D eigenvalue weighted by Gasteiger charge is -2.25. The summed E-state index contributed by atoms with van der Waals surface area (Å²) >= 11 is 0. The molecule has 2 aliphatic rings. The number of aromatic hydroxyl groups is 1. The fraction of sp³-hybridized carbons (Fsp3) is 0.517. The van der Waals surface area contributed by atoms with Crippen molar-refractivity contribution in [2.24, 2.45) is 0 Å². The monoisotopic (exact) mass is 497 g/mol. The van der Waals surface area contributed by atoms with Crippen LogP contribution in [-0.2, 0) is 14.3 Å². The highest BCUT2D eigenvalue weighted by Gasteiger charge is 2.33. The van der Waals surface area contributed by atoms with Crippen LogP contribution in [0.5, 0.6) is 5.75 Å². The summed E-state index contributed by atoms with van der Waals surface area (Å²) in [7, 11) is 0. The van der Waals surface area contributed by atoms with Crippen LogP contribution in [0.4, 0.5) is 9.18 Å². The zero-order valence-electron chi connectivity index (χ0n) is 21.7. The maximum Gasteiger partial charge on any atom is 0.408 e. The van der Waals surface area contributed by atoms with Crippen molar-refractivity contribution < 1.29 is 28.6 Å². The molecule has 36 heavy (non-hydrogen) atoms. The number of phenols is 1. The van der Waals surface area contributed by atoms with Crippen LogP contribution in [0.2, 0.25) is 0 Å². The molecule has 1 atom stereocenters. The van der Waals surface area contributed by atoms with Crippen LogP contribution in [0.15, 0.2) is 24.3 Å². The number of hydrogen-bond donors (Lipinski definition) is 2. The molecule has 0 spiro atoms. The second-order valence-corrected chi connectivity index (χ2v) is 11.0. The Balaban J connectivity index is 1.78. The number of aryl methyl sites for hydroxylation is 1. The third kappa shape index (κ3) is 6.18. The second kappa shape index (κ2) is 10.1. The number of carbonyl (C=O) groups excluding carboxylic acids is 2. The van der Waals surface area contributed by atoms with E-state index in [1.54, 1.807) is 45.9 Å². The molecule has 2 saturated carbocycles. The van der Waals surface area contributed by atoms with E-state index in [0.717, 1.165) is 36.8 Å². The number of halogens is 1. The second-order valence-electron chi connectivity index (χ2n) is 11.0. The van der Waals surface area contributed by atoms with E-state index in [-0.39, 0.29) is 30.3 Å². The molecule has 7 heteroatoms. The molecule has 0 unspecified atom stereocenters. The van der Waals surface area contributed by atoms with E-state index in [2.05, 4.69) is 11.4 Å². The van der Waals surface area contributed by atoms with Gasteiger partial charge in [-0.15, -0.1) is 0 Å². The Bertz CT molecular complexity index is 1140. The van der Waals surface area contributed by atoms with Crippen LogP contribution < -0.4 is 5.32 Å². The van der Waals surface area contributed by atoms with Gasteiger partial charge in [0.05, 0.1) is 19.1 Å². The number of nitrogens with one attached hydrogen (secondary N) is 1. The van der Waals surface area contributed by atoms with E-state index in [0.29, 0.717) is 22.6 Å². The van der Waals surface area contributed by atoms with Crippen LogP contribution in [-0.4, -0.2) is 29.4 Å². The smallest absolute Gasteiger partial charge is 0.408 e. The molecule has 2 aliphatic carbocycles. The quantitative estimate of drug-likeness (QED) is 0.393. The normalized spacial score (nSPS) is 16.4. The Morgan fingerprint density at radius 3 is 2.33 bits per heavy atom. The highest BCUT2D eigenvalue weighted by Crippen LogP contribution is 2.47. The highest BCUT2D eigenvalue weighted by molar-refractivity contribution is 5.77. The number of benzene rings is 2. The fourth-order valence-electron chi connectivity index (χ4n) is 4.66. The van der Waals surface area contributed by atoms with Gasteiger partial charge in [0.2, 0.25) is 0 Å². The Morgan fingerprint density at radius 2 is 1.78 bits per heavy atom. The minimum absolute atomic E-state index is 0.0710. The van der Waals surface area contributed by atoms with Crippen molar-refractivity contribution in [1.82, 2.24) is 5.32 Å². The minimum Gasteiger partial charge on any atom is -0.507 e. The van der Waals surface area contributed by atoms with E-state index in [1.807, 2.05) is 6.92 Å².